The average Bonchev–Trinajstić information content (AvgIpc) is 3.11. The van der Waals surface area contributed by atoms with Crippen molar-refractivity contribution in [1.82, 2.24) is 9.36 Å². The molecular formula is C14H23N3S. The maximum absolute atomic E-state index is 4.80. The molecule has 2 heterocycles. The van der Waals surface area contributed by atoms with Crippen molar-refractivity contribution in [2.75, 3.05) is 11.4 Å². The van der Waals surface area contributed by atoms with Gasteiger partial charge in [0.2, 0.25) is 5.13 Å². The highest BCUT2D eigenvalue weighted by atomic mass is 32.1. The average molecular weight is 265 g/mol. The molecule has 0 aromatic carbocycles. The van der Waals surface area contributed by atoms with Crippen LogP contribution < -0.4 is 4.90 Å². The number of piperidine rings is 1. The summed E-state index contributed by atoms with van der Waals surface area (Å²) in [7, 11) is 0. The third kappa shape index (κ3) is 2.40. The van der Waals surface area contributed by atoms with Gasteiger partial charge in [-0.2, -0.15) is 4.37 Å². The molecule has 2 aliphatic rings. The molecule has 100 valence electrons. The van der Waals surface area contributed by atoms with Gasteiger partial charge in [0, 0.05) is 30.0 Å². The summed E-state index contributed by atoms with van der Waals surface area (Å²) in [6.07, 6.45) is 7.82. The fraction of sp³-hybridized carbons (Fsp3) is 0.857. The zero-order chi connectivity index (χ0) is 12.5. The number of anilines is 1. The van der Waals surface area contributed by atoms with Gasteiger partial charge in [0.1, 0.15) is 5.82 Å². The van der Waals surface area contributed by atoms with E-state index in [1.807, 2.05) is 0 Å². The molecule has 2 atom stereocenters. The van der Waals surface area contributed by atoms with E-state index in [9.17, 15) is 0 Å². The van der Waals surface area contributed by atoms with Gasteiger partial charge in [-0.1, -0.05) is 20.3 Å². The summed E-state index contributed by atoms with van der Waals surface area (Å²) in [5, 5.41) is 1.18. The van der Waals surface area contributed by atoms with E-state index >= 15 is 0 Å². The van der Waals surface area contributed by atoms with Crippen LogP contribution in [0.4, 0.5) is 5.13 Å². The molecule has 1 aliphatic heterocycles. The fourth-order valence-electron chi connectivity index (χ4n) is 3.07. The Hall–Kier alpha value is -0.640. The van der Waals surface area contributed by atoms with Crippen LogP contribution in [0.15, 0.2) is 0 Å². The largest absolute Gasteiger partial charge is 0.344 e. The van der Waals surface area contributed by atoms with Gasteiger partial charge in [-0.05, 0) is 38.0 Å². The van der Waals surface area contributed by atoms with Crippen LogP contribution in [-0.2, 0) is 0 Å². The zero-order valence-electron chi connectivity index (χ0n) is 11.4. The van der Waals surface area contributed by atoms with Crippen LogP contribution in [0.5, 0.6) is 0 Å². The van der Waals surface area contributed by atoms with Crippen molar-refractivity contribution in [1.29, 1.82) is 0 Å². The Morgan fingerprint density at radius 3 is 2.89 bits per heavy atom. The normalized spacial score (nSPS) is 28.7. The summed E-state index contributed by atoms with van der Waals surface area (Å²) in [5.74, 6) is 2.59. The van der Waals surface area contributed by atoms with Crippen LogP contribution in [0.3, 0.4) is 0 Å². The predicted molar refractivity (Wildman–Crippen MR) is 76.3 cm³/mol. The first-order valence-corrected chi connectivity index (χ1v) is 8.17. The minimum Gasteiger partial charge on any atom is -0.344 e. The molecule has 18 heavy (non-hydrogen) atoms. The summed E-state index contributed by atoms with van der Waals surface area (Å²) in [5.41, 5.74) is 0. The maximum atomic E-state index is 4.80. The standard InChI is InChI=1S/C14H23N3S/c1-3-5-12-10(2)6-4-9-17(12)14-15-13(16-18-14)11-7-8-11/h10-12H,3-9H2,1-2H3. The second kappa shape index (κ2) is 5.16. The van der Waals surface area contributed by atoms with Crippen molar-refractivity contribution in [3.8, 4) is 0 Å². The van der Waals surface area contributed by atoms with E-state index in [2.05, 4.69) is 23.1 Å². The van der Waals surface area contributed by atoms with Gasteiger partial charge in [0.05, 0.1) is 0 Å². The molecule has 1 aromatic rings. The lowest BCUT2D eigenvalue weighted by molar-refractivity contribution is 0.327. The van der Waals surface area contributed by atoms with Crippen molar-refractivity contribution in [2.45, 2.75) is 64.3 Å². The third-order valence-electron chi connectivity index (χ3n) is 4.32. The van der Waals surface area contributed by atoms with Crippen LogP contribution >= 0.6 is 11.5 Å². The van der Waals surface area contributed by atoms with E-state index in [0.29, 0.717) is 12.0 Å². The van der Waals surface area contributed by atoms with Crippen molar-refractivity contribution >= 4 is 16.7 Å². The Morgan fingerprint density at radius 2 is 2.17 bits per heavy atom. The molecule has 3 nitrogen and oxygen atoms in total. The summed E-state index contributed by atoms with van der Waals surface area (Å²) in [6, 6.07) is 0.684. The number of rotatable bonds is 4. The lowest BCUT2D eigenvalue weighted by Gasteiger charge is -2.39. The fourth-order valence-corrected chi connectivity index (χ4v) is 3.90. The zero-order valence-corrected chi connectivity index (χ0v) is 12.2. The van der Waals surface area contributed by atoms with Crippen molar-refractivity contribution < 1.29 is 0 Å². The first-order chi connectivity index (χ1) is 8.79. The number of hydrogen-bond acceptors (Lipinski definition) is 4. The second-order valence-electron chi connectivity index (χ2n) is 5.88. The van der Waals surface area contributed by atoms with E-state index in [0.717, 1.165) is 11.7 Å². The van der Waals surface area contributed by atoms with Gasteiger partial charge >= 0.3 is 0 Å². The van der Waals surface area contributed by atoms with E-state index in [-0.39, 0.29) is 0 Å². The molecule has 4 heteroatoms. The van der Waals surface area contributed by atoms with E-state index in [1.165, 1.54) is 50.2 Å². The van der Waals surface area contributed by atoms with Crippen molar-refractivity contribution in [3.05, 3.63) is 5.82 Å². The highest BCUT2D eigenvalue weighted by Crippen LogP contribution is 2.40. The molecule has 2 fully saturated rings. The van der Waals surface area contributed by atoms with Crippen LogP contribution in [0.2, 0.25) is 0 Å². The minimum atomic E-state index is 0.682. The highest BCUT2D eigenvalue weighted by Gasteiger charge is 2.32. The Labute approximate surface area is 114 Å². The van der Waals surface area contributed by atoms with E-state index in [4.69, 9.17) is 4.98 Å². The Bertz CT molecular complexity index is 399. The Morgan fingerprint density at radius 1 is 1.33 bits per heavy atom. The molecule has 0 N–H and O–H groups in total. The highest BCUT2D eigenvalue weighted by molar-refractivity contribution is 7.09. The maximum Gasteiger partial charge on any atom is 0.205 e. The first-order valence-electron chi connectivity index (χ1n) is 7.40. The molecule has 3 rings (SSSR count). The molecule has 0 bridgehead atoms. The van der Waals surface area contributed by atoms with Gasteiger partial charge in [0.25, 0.3) is 0 Å². The molecule has 0 amide bonds. The molecular weight excluding hydrogens is 242 g/mol. The predicted octanol–water partition coefficient (Wildman–Crippen LogP) is 3.82. The van der Waals surface area contributed by atoms with Gasteiger partial charge in [-0.15, -0.1) is 0 Å². The molecule has 1 saturated carbocycles. The summed E-state index contributed by atoms with van der Waals surface area (Å²) in [4.78, 5) is 7.34. The topological polar surface area (TPSA) is 29.0 Å². The summed E-state index contributed by atoms with van der Waals surface area (Å²) in [6.45, 7) is 5.86. The molecule has 1 aromatic heterocycles. The quantitative estimate of drug-likeness (QED) is 0.828. The number of hydrogen-bond donors (Lipinski definition) is 0. The number of nitrogens with zero attached hydrogens (tertiary/aromatic N) is 3. The molecule has 0 spiro atoms. The third-order valence-corrected chi connectivity index (χ3v) is 5.09. The van der Waals surface area contributed by atoms with Gasteiger partial charge < -0.3 is 4.90 Å². The van der Waals surface area contributed by atoms with E-state index < -0.39 is 0 Å². The molecule has 0 radical (unpaired) electrons. The molecule has 2 unspecified atom stereocenters. The summed E-state index contributed by atoms with van der Waals surface area (Å²) < 4.78 is 4.56. The van der Waals surface area contributed by atoms with Crippen LogP contribution in [0.1, 0.15) is 64.1 Å². The van der Waals surface area contributed by atoms with Gasteiger partial charge in [0.15, 0.2) is 0 Å². The smallest absolute Gasteiger partial charge is 0.205 e. The van der Waals surface area contributed by atoms with E-state index in [1.54, 1.807) is 11.5 Å². The Kier molecular flexibility index (Phi) is 3.55. The van der Waals surface area contributed by atoms with Gasteiger partial charge in [-0.3, -0.25) is 0 Å². The lowest BCUT2D eigenvalue weighted by Crippen LogP contribution is -2.44. The minimum absolute atomic E-state index is 0.682. The second-order valence-corrected chi connectivity index (χ2v) is 6.61. The number of aromatic nitrogens is 2. The van der Waals surface area contributed by atoms with Crippen LogP contribution in [0.25, 0.3) is 0 Å². The van der Waals surface area contributed by atoms with Crippen LogP contribution in [0, 0.1) is 5.92 Å². The summed E-state index contributed by atoms with van der Waals surface area (Å²) >= 11 is 1.62. The molecule has 1 aliphatic carbocycles. The van der Waals surface area contributed by atoms with Crippen molar-refractivity contribution in [3.63, 3.8) is 0 Å². The SMILES string of the molecule is CCCC1C(C)CCCN1c1nc(C2CC2)ns1. The Balaban J connectivity index is 1.77. The lowest BCUT2D eigenvalue weighted by atomic mass is 9.88. The monoisotopic (exact) mass is 265 g/mol. The van der Waals surface area contributed by atoms with Crippen molar-refractivity contribution in [2.24, 2.45) is 5.92 Å². The van der Waals surface area contributed by atoms with Gasteiger partial charge in [-0.25, -0.2) is 4.98 Å². The first kappa shape index (κ1) is 12.4. The van der Waals surface area contributed by atoms with Crippen LogP contribution in [-0.4, -0.2) is 21.9 Å². The molecule has 1 saturated heterocycles.